The maximum Gasteiger partial charge on any atom is 0.243 e. The minimum Gasteiger partial charge on any atom is -0.328 e. The molecule has 0 amide bonds. The van der Waals surface area contributed by atoms with E-state index in [1.54, 1.807) is 0 Å². The largest absolute Gasteiger partial charge is 0.328 e. The molecule has 0 atom stereocenters. The van der Waals surface area contributed by atoms with Gasteiger partial charge in [0.25, 0.3) is 0 Å². The SMILES string of the molecule is CCC(=O)P1OCC(C)(C)CO1. The van der Waals surface area contributed by atoms with Crippen LogP contribution in [0, 0.1) is 5.41 Å². The average molecular weight is 190 g/mol. The molecule has 0 unspecified atom stereocenters. The lowest BCUT2D eigenvalue weighted by Gasteiger charge is -2.32. The summed E-state index contributed by atoms with van der Waals surface area (Å²) in [7, 11) is -1.23. The van der Waals surface area contributed by atoms with Gasteiger partial charge < -0.3 is 9.05 Å². The van der Waals surface area contributed by atoms with Crippen LogP contribution < -0.4 is 0 Å². The predicted octanol–water partition coefficient (Wildman–Crippen LogP) is 2.31. The van der Waals surface area contributed by atoms with E-state index in [1.165, 1.54) is 0 Å². The van der Waals surface area contributed by atoms with E-state index >= 15 is 0 Å². The Bertz CT molecular complexity index is 169. The van der Waals surface area contributed by atoms with E-state index in [4.69, 9.17) is 9.05 Å². The molecule has 1 aliphatic heterocycles. The summed E-state index contributed by atoms with van der Waals surface area (Å²) in [5.74, 6) is 0. The highest BCUT2D eigenvalue weighted by Crippen LogP contribution is 2.46. The van der Waals surface area contributed by atoms with Gasteiger partial charge in [-0.15, -0.1) is 0 Å². The first-order valence-corrected chi connectivity index (χ1v) is 5.32. The molecule has 1 heterocycles. The van der Waals surface area contributed by atoms with Crippen LogP contribution in [-0.4, -0.2) is 18.7 Å². The van der Waals surface area contributed by atoms with Crippen LogP contribution in [0.5, 0.6) is 0 Å². The summed E-state index contributed by atoms with van der Waals surface area (Å²) in [4.78, 5) is 11.2. The minimum atomic E-state index is -1.23. The summed E-state index contributed by atoms with van der Waals surface area (Å²) in [5.41, 5.74) is 0.160. The molecule has 12 heavy (non-hydrogen) atoms. The van der Waals surface area contributed by atoms with E-state index in [1.807, 2.05) is 6.92 Å². The van der Waals surface area contributed by atoms with Gasteiger partial charge in [-0.25, -0.2) is 0 Å². The van der Waals surface area contributed by atoms with Gasteiger partial charge >= 0.3 is 0 Å². The summed E-state index contributed by atoms with van der Waals surface area (Å²) >= 11 is 0. The van der Waals surface area contributed by atoms with Crippen molar-refractivity contribution in [2.45, 2.75) is 27.2 Å². The Hall–Kier alpha value is 0.0200. The van der Waals surface area contributed by atoms with E-state index in [0.717, 1.165) is 0 Å². The molecule has 3 nitrogen and oxygen atoms in total. The van der Waals surface area contributed by atoms with Crippen molar-refractivity contribution < 1.29 is 13.8 Å². The monoisotopic (exact) mass is 190 g/mol. The maximum atomic E-state index is 11.2. The number of rotatable bonds is 2. The fraction of sp³-hybridized carbons (Fsp3) is 0.875. The van der Waals surface area contributed by atoms with Gasteiger partial charge in [0, 0.05) is 11.8 Å². The van der Waals surface area contributed by atoms with Crippen molar-refractivity contribution in [2.24, 2.45) is 5.41 Å². The first-order chi connectivity index (χ1) is 5.55. The highest BCUT2D eigenvalue weighted by atomic mass is 31.2. The molecule has 0 aromatic rings. The van der Waals surface area contributed by atoms with Gasteiger partial charge in [0.15, 0.2) is 0 Å². The van der Waals surface area contributed by atoms with Crippen LogP contribution in [0.15, 0.2) is 0 Å². The lowest BCUT2D eigenvalue weighted by molar-refractivity contribution is -0.113. The number of carbonyl (C=O) groups is 1. The molecule has 0 N–H and O–H groups in total. The van der Waals surface area contributed by atoms with Gasteiger partial charge in [-0.05, 0) is 0 Å². The Morgan fingerprint density at radius 2 is 1.92 bits per heavy atom. The Morgan fingerprint density at radius 1 is 1.42 bits per heavy atom. The van der Waals surface area contributed by atoms with Gasteiger partial charge in [-0.2, -0.15) is 0 Å². The maximum absolute atomic E-state index is 11.2. The summed E-state index contributed by atoms with van der Waals surface area (Å²) in [6.45, 7) is 7.22. The molecule has 0 aliphatic carbocycles. The van der Waals surface area contributed by atoms with E-state index in [0.29, 0.717) is 19.6 Å². The van der Waals surface area contributed by atoms with Crippen LogP contribution in [0.1, 0.15) is 27.2 Å². The van der Waals surface area contributed by atoms with Crippen LogP contribution in [0.3, 0.4) is 0 Å². The number of hydrogen-bond acceptors (Lipinski definition) is 3. The minimum absolute atomic E-state index is 0.0624. The molecule has 1 rings (SSSR count). The lowest BCUT2D eigenvalue weighted by atomic mass is 9.97. The zero-order chi connectivity index (χ0) is 9.19. The van der Waals surface area contributed by atoms with Crippen LogP contribution in [0.4, 0.5) is 0 Å². The summed E-state index contributed by atoms with van der Waals surface area (Å²) in [6.07, 6.45) is 0.506. The number of hydrogen-bond donors (Lipinski definition) is 0. The fourth-order valence-corrected chi connectivity index (χ4v) is 2.37. The molecule has 0 spiro atoms. The smallest absolute Gasteiger partial charge is 0.243 e. The summed E-state index contributed by atoms with van der Waals surface area (Å²) in [6, 6.07) is 0. The van der Waals surface area contributed by atoms with Gasteiger partial charge in [-0.1, -0.05) is 20.8 Å². The first kappa shape index (κ1) is 10.1. The zero-order valence-electron chi connectivity index (χ0n) is 7.79. The highest BCUT2D eigenvalue weighted by molar-refractivity contribution is 7.66. The fourth-order valence-electron chi connectivity index (χ4n) is 0.819. The van der Waals surface area contributed by atoms with Crippen molar-refractivity contribution in [3.8, 4) is 0 Å². The molecule has 0 aromatic carbocycles. The van der Waals surface area contributed by atoms with Crippen LogP contribution >= 0.6 is 8.38 Å². The molecule has 70 valence electrons. The normalized spacial score (nSPS) is 23.9. The van der Waals surface area contributed by atoms with Crippen LogP contribution in [0.2, 0.25) is 0 Å². The summed E-state index contributed by atoms with van der Waals surface area (Å²) < 4.78 is 10.7. The lowest BCUT2D eigenvalue weighted by Crippen LogP contribution is -2.29. The van der Waals surface area contributed by atoms with Crippen molar-refractivity contribution in [3.63, 3.8) is 0 Å². The molecule has 0 saturated carbocycles. The Labute approximate surface area is 74.3 Å². The van der Waals surface area contributed by atoms with Gasteiger partial charge in [0.1, 0.15) is 0 Å². The molecule has 1 saturated heterocycles. The molecular formula is C8H15O3P. The second-order valence-corrected chi connectivity index (χ2v) is 5.24. The van der Waals surface area contributed by atoms with E-state index < -0.39 is 8.38 Å². The Morgan fingerprint density at radius 3 is 2.33 bits per heavy atom. The standard InChI is InChI=1S/C8H15O3P/c1-4-7(9)12-10-5-8(2,3)6-11-12/h4-6H2,1-3H3. The van der Waals surface area contributed by atoms with E-state index in [9.17, 15) is 4.79 Å². The van der Waals surface area contributed by atoms with Crippen molar-refractivity contribution in [1.29, 1.82) is 0 Å². The quantitative estimate of drug-likeness (QED) is 0.627. The van der Waals surface area contributed by atoms with Crippen molar-refractivity contribution >= 4 is 13.9 Å². The first-order valence-electron chi connectivity index (χ1n) is 4.14. The Kier molecular flexibility index (Phi) is 3.22. The molecule has 0 aromatic heterocycles. The van der Waals surface area contributed by atoms with E-state index in [2.05, 4.69) is 13.8 Å². The van der Waals surface area contributed by atoms with Crippen molar-refractivity contribution in [1.82, 2.24) is 0 Å². The second-order valence-electron chi connectivity index (χ2n) is 3.72. The van der Waals surface area contributed by atoms with Gasteiger partial charge in [-0.3, -0.25) is 4.79 Å². The molecule has 4 heteroatoms. The Balaban J connectivity index is 2.41. The third-order valence-electron chi connectivity index (χ3n) is 1.65. The van der Waals surface area contributed by atoms with Crippen molar-refractivity contribution in [2.75, 3.05) is 13.2 Å². The third kappa shape index (κ3) is 2.51. The molecule has 0 radical (unpaired) electrons. The average Bonchev–Trinajstić information content (AvgIpc) is 2.03. The van der Waals surface area contributed by atoms with Gasteiger partial charge in [0.05, 0.1) is 13.2 Å². The summed E-state index contributed by atoms with van der Waals surface area (Å²) in [5, 5.41) is 0. The second kappa shape index (κ2) is 3.82. The van der Waals surface area contributed by atoms with Crippen LogP contribution in [0.25, 0.3) is 0 Å². The molecule has 1 aliphatic rings. The zero-order valence-corrected chi connectivity index (χ0v) is 8.69. The van der Waals surface area contributed by atoms with Crippen molar-refractivity contribution in [3.05, 3.63) is 0 Å². The topological polar surface area (TPSA) is 35.5 Å². The highest BCUT2D eigenvalue weighted by Gasteiger charge is 2.32. The molecular weight excluding hydrogens is 175 g/mol. The predicted molar refractivity (Wildman–Crippen MR) is 47.9 cm³/mol. The third-order valence-corrected chi connectivity index (χ3v) is 3.10. The number of carbonyl (C=O) groups excluding carboxylic acids is 1. The molecule has 1 fully saturated rings. The van der Waals surface area contributed by atoms with Crippen LogP contribution in [-0.2, 0) is 13.8 Å². The van der Waals surface area contributed by atoms with E-state index in [-0.39, 0.29) is 10.9 Å². The van der Waals surface area contributed by atoms with Gasteiger partial charge in [0.2, 0.25) is 13.9 Å². The molecule has 0 bridgehead atoms.